The number of nitrogens with zero attached hydrogens (tertiary/aromatic N) is 1. The van der Waals surface area contributed by atoms with E-state index in [0.29, 0.717) is 36.5 Å². The summed E-state index contributed by atoms with van der Waals surface area (Å²) >= 11 is 1.04. The van der Waals surface area contributed by atoms with Crippen LogP contribution in [-0.4, -0.2) is 46.2 Å². The maximum atomic E-state index is 13.9. The quantitative estimate of drug-likeness (QED) is 0.471. The second kappa shape index (κ2) is 11.8. The predicted octanol–water partition coefficient (Wildman–Crippen LogP) is 4.81. The van der Waals surface area contributed by atoms with Crippen LogP contribution in [0, 0.1) is 29.1 Å². The number of hydrogen-bond acceptors (Lipinski definition) is 5. The number of carbonyl (C=O) groups excluding carboxylic acids is 2. The number of aliphatic hydroxyl groups is 1. The number of amides is 2. The first-order valence-corrected chi connectivity index (χ1v) is 13.9. The lowest BCUT2D eigenvalue weighted by Crippen LogP contribution is -2.53. The Labute approximate surface area is 218 Å². The zero-order chi connectivity index (χ0) is 26.6. The first-order chi connectivity index (χ1) is 16.9. The Balaban J connectivity index is 1.95. The van der Waals surface area contributed by atoms with Crippen molar-refractivity contribution in [3.8, 4) is 11.8 Å². The lowest BCUT2D eigenvalue weighted by molar-refractivity contribution is -0.129. The van der Waals surface area contributed by atoms with Crippen LogP contribution in [0.4, 0.5) is 5.69 Å². The minimum atomic E-state index is -1.14. The van der Waals surface area contributed by atoms with Crippen molar-refractivity contribution in [2.24, 2.45) is 17.3 Å². The molecule has 2 amide bonds. The highest BCUT2D eigenvalue weighted by Gasteiger charge is 2.37. The SMILES string of the molecule is C[C@@H](C(=O)NC1CCC(O)CC1)N(c1cc(C#CC(C)(C)C)sc1C(=O)O)C(=O)[C@H]1CC[C@H](C)CC1. The molecule has 1 aromatic heterocycles. The van der Waals surface area contributed by atoms with Crippen LogP contribution in [0.3, 0.4) is 0 Å². The number of carboxylic acids is 1. The van der Waals surface area contributed by atoms with E-state index in [1.54, 1.807) is 13.0 Å². The topological polar surface area (TPSA) is 107 Å². The van der Waals surface area contributed by atoms with Gasteiger partial charge in [-0.3, -0.25) is 14.5 Å². The van der Waals surface area contributed by atoms with Crippen LogP contribution >= 0.6 is 11.3 Å². The van der Waals surface area contributed by atoms with Crippen molar-refractivity contribution in [1.29, 1.82) is 0 Å². The minimum Gasteiger partial charge on any atom is -0.477 e. The van der Waals surface area contributed by atoms with Gasteiger partial charge in [0, 0.05) is 17.4 Å². The van der Waals surface area contributed by atoms with Gasteiger partial charge in [-0.1, -0.05) is 18.8 Å². The number of aromatic carboxylic acids is 1. The summed E-state index contributed by atoms with van der Waals surface area (Å²) in [6, 6.07) is 0.710. The molecule has 1 atom stereocenters. The normalized spacial score (nSPS) is 25.3. The fraction of sp³-hybridized carbons (Fsp3) is 0.679. The summed E-state index contributed by atoms with van der Waals surface area (Å²) in [5.41, 5.74) is -0.0150. The van der Waals surface area contributed by atoms with Gasteiger partial charge in [-0.25, -0.2) is 4.79 Å². The molecular weight excluding hydrogens is 476 g/mol. The fourth-order valence-corrected chi connectivity index (χ4v) is 5.75. The Morgan fingerprint density at radius 2 is 1.69 bits per heavy atom. The number of hydrogen-bond donors (Lipinski definition) is 3. The molecule has 2 aliphatic carbocycles. The molecule has 2 saturated carbocycles. The lowest BCUT2D eigenvalue weighted by atomic mass is 9.82. The highest BCUT2D eigenvalue weighted by molar-refractivity contribution is 7.15. The molecule has 3 N–H and O–H groups in total. The summed E-state index contributed by atoms with van der Waals surface area (Å²) in [6.07, 6.45) is 5.62. The summed E-state index contributed by atoms with van der Waals surface area (Å²) in [5, 5.41) is 22.8. The van der Waals surface area contributed by atoms with Gasteiger partial charge >= 0.3 is 5.97 Å². The van der Waals surface area contributed by atoms with Gasteiger partial charge in [0.25, 0.3) is 0 Å². The second-order valence-electron chi connectivity index (χ2n) is 11.5. The van der Waals surface area contributed by atoms with Crippen LogP contribution < -0.4 is 10.2 Å². The number of aliphatic hydroxyl groups excluding tert-OH is 1. The van der Waals surface area contributed by atoms with E-state index >= 15 is 0 Å². The third-order valence-corrected chi connectivity index (χ3v) is 8.17. The smallest absolute Gasteiger partial charge is 0.348 e. The lowest BCUT2D eigenvalue weighted by Gasteiger charge is -2.35. The molecule has 0 aromatic carbocycles. The maximum absolute atomic E-state index is 13.9. The van der Waals surface area contributed by atoms with E-state index < -0.39 is 12.0 Å². The molecule has 1 heterocycles. The predicted molar refractivity (Wildman–Crippen MR) is 142 cm³/mol. The van der Waals surface area contributed by atoms with Crippen LogP contribution in [0.2, 0.25) is 0 Å². The van der Waals surface area contributed by atoms with Gasteiger partial charge < -0.3 is 15.5 Å². The van der Waals surface area contributed by atoms with Crippen molar-refractivity contribution < 1.29 is 24.6 Å². The van der Waals surface area contributed by atoms with Gasteiger partial charge in [0.15, 0.2) is 0 Å². The summed E-state index contributed by atoms with van der Waals surface area (Å²) in [5.74, 6) is 4.86. The Hall–Kier alpha value is -2.37. The summed E-state index contributed by atoms with van der Waals surface area (Å²) in [4.78, 5) is 41.4. The van der Waals surface area contributed by atoms with Crippen molar-refractivity contribution in [2.75, 3.05) is 4.90 Å². The molecule has 0 unspecified atom stereocenters. The highest BCUT2D eigenvalue weighted by Crippen LogP contribution is 2.36. The molecule has 0 bridgehead atoms. The van der Waals surface area contributed by atoms with Crippen LogP contribution in [0.25, 0.3) is 0 Å². The van der Waals surface area contributed by atoms with Crippen molar-refractivity contribution in [3.63, 3.8) is 0 Å². The maximum Gasteiger partial charge on any atom is 0.348 e. The van der Waals surface area contributed by atoms with E-state index in [2.05, 4.69) is 24.1 Å². The van der Waals surface area contributed by atoms with Gasteiger partial charge in [0.1, 0.15) is 10.9 Å². The van der Waals surface area contributed by atoms with Crippen molar-refractivity contribution in [2.45, 2.75) is 104 Å². The Morgan fingerprint density at radius 3 is 2.25 bits per heavy atom. The zero-order valence-corrected chi connectivity index (χ0v) is 22.9. The highest BCUT2D eigenvalue weighted by atomic mass is 32.1. The molecule has 0 spiro atoms. The number of rotatable bonds is 6. The molecule has 0 radical (unpaired) electrons. The van der Waals surface area contributed by atoms with Crippen molar-refractivity contribution in [3.05, 3.63) is 15.8 Å². The van der Waals surface area contributed by atoms with Crippen LogP contribution in [0.15, 0.2) is 6.07 Å². The molecule has 3 rings (SSSR count). The molecule has 0 saturated heterocycles. The largest absolute Gasteiger partial charge is 0.477 e. The van der Waals surface area contributed by atoms with Crippen LogP contribution in [0.1, 0.15) is 101 Å². The Kier molecular flexibility index (Phi) is 9.23. The van der Waals surface area contributed by atoms with Gasteiger partial charge in [-0.15, -0.1) is 11.3 Å². The van der Waals surface area contributed by atoms with Gasteiger partial charge in [-0.2, -0.15) is 0 Å². The second-order valence-corrected chi connectivity index (χ2v) is 12.5. The molecule has 1 aromatic rings. The van der Waals surface area contributed by atoms with E-state index in [1.165, 1.54) is 4.90 Å². The molecule has 36 heavy (non-hydrogen) atoms. The van der Waals surface area contributed by atoms with Gasteiger partial charge in [-0.05, 0) is 91.0 Å². The van der Waals surface area contributed by atoms with Gasteiger partial charge in [0.2, 0.25) is 11.8 Å². The van der Waals surface area contributed by atoms with Gasteiger partial charge in [0.05, 0.1) is 16.7 Å². The summed E-state index contributed by atoms with van der Waals surface area (Å²) < 4.78 is 0. The number of anilines is 1. The molecule has 198 valence electrons. The third kappa shape index (κ3) is 7.33. The molecular formula is C28H40N2O5S. The average Bonchev–Trinajstić information content (AvgIpc) is 3.23. The average molecular weight is 517 g/mol. The third-order valence-electron chi connectivity index (χ3n) is 7.14. The van der Waals surface area contributed by atoms with E-state index in [1.807, 2.05) is 20.8 Å². The number of nitrogens with one attached hydrogen (secondary N) is 1. The first kappa shape index (κ1) is 28.2. The Morgan fingerprint density at radius 1 is 1.08 bits per heavy atom. The van der Waals surface area contributed by atoms with E-state index in [0.717, 1.165) is 37.0 Å². The standard InChI is InChI=1S/C28H40N2O5S/c1-17-6-8-19(9-7-17)26(33)30(18(2)25(32)29-20-10-12-21(31)13-11-20)23-16-22(14-15-28(3,4)5)36-24(23)27(34)35/h16-21,31H,6-13H2,1-5H3,(H,29,32)(H,34,35)/t17-,18-,19-,20?,21?/m0/s1. The van der Waals surface area contributed by atoms with Crippen LogP contribution in [-0.2, 0) is 9.59 Å². The van der Waals surface area contributed by atoms with E-state index in [-0.39, 0.29) is 45.9 Å². The van der Waals surface area contributed by atoms with Crippen molar-refractivity contribution >= 4 is 34.8 Å². The number of thiophene rings is 1. The fourth-order valence-electron chi connectivity index (χ4n) is 4.91. The molecule has 2 aliphatic rings. The van der Waals surface area contributed by atoms with Crippen molar-refractivity contribution in [1.82, 2.24) is 5.32 Å². The minimum absolute atomic E-state index is 0.0196. The van der Waals surface area contributed by atoms with Crippen LogP contribution in [0.5, 0.6) is 0 Å². The molecule has 0 aliphatic heterocycles. The monoisotopic (exact) mass is 516 g/mol. The molecule has 8 heteroatoms. The summed E-state index contributed by atoms with van der Waals surface area (Å²) in [7, 11) is 0. The Bertz CT molecular complexity index is 1010. The zero-order valence-electron chi connectivity index (χ0n) is 22.1. The number of carbonyl (C=O) groups is 3. The first-order valence-electron chi connectivity index (χ1n) is 13.1. The number of carboxylic acid groups (broad SMARTS) is 1. The van der Waals surface area contributed by atoms with E-state index in [4.69, 9.17) is 0 Å². The summed E-state index contributed by atoms with van der Waals surface area (Å²) in [6.45, 7) is 9.77. The van der Waals surface area contributed by atoms with E-state index in [9.17, 15) is 24.6 Å². The molecule has 2 fully saturated rings. The molecule has 7 nitrogen and oxygen atoms in total.